The molecule has 0 aliphatic heterocycles. The summed E-state index contributed by atoms with van der Waals surface area (Å²) in [6, 6.07) is 0. The number of hydrogen-bond acceptors (Lipinski definition) is 3. The third-order valence-corrected chi connectivity index (χ3v) is 1.61. The normalized spacial score (nSPS) is 13.9. The van der Waals surface area contributed by atoms with Gasteiger partial charge in [-0.25, -0.2) is 0 Å². The topological polar surface area (TPSA) is 55.5 Å². The highest BCUT2D eigenvalue weighted by atomic mass is 16.5. The number of aliphatic hydroxyl groups excluding tert-OH is 1. The lowest BCUT2D eigenvalue weighted by Crippen LogP contribution is -2.29. The summed E-state index contributed by atoms with van der Waals surface area (Å²) in [5, 5.41) is 8.48. The van der Waals surface area contributed by atoms with E-state index in [9.17, 15) is 0 Å². The standard InChI is InChI=1S/C8H19NO2/c1-7(2)8(6-9)11-5-3-4-10/h7-8,10H,3-6,9H2,1-2H3. The molecule has 0 heterocycles. The molecule has 0 aliphatic carbocycles. The van der Waals surface area contributed by atoms with Crippen LogP contribution in [0.1, 0.15) is 20.3 Å². The molecule has 0 fully saturated rings. The van der Waals surface area contributed by atoms with Crippen molar-refractivity contribution < 1.29 is 9.84 Å². The fourth-order valence-electron chi connectivity index (χ4n) is 0.832. The lowest BCUT2D eigenvalue weighted by atomic mass is 10.1. The van der Waals surface area contributed by atoms with Gasteiger partial charge in [0.2, 0.25) is 0 Å². The first-order valence-corrected chi connectivity index (χ1v) is 4.15. The summed E-state index contributed by atoms with van der Waals surface area (Å²) < 4.78 is 5.41. The van der Waals surface area contributed by atoms with E-state index >= 15 is 0 Å². The Morgan fingerprint density at radius 1 is 1.45 bits per heavy atom. The zero-order valence-electron chi connectivity index (χ0n) is 7.42. The van der Waals surface area contributed by atoms with Crippen molar-refractivity contribution in [2.45, 2.75) is 26.4 Å². The zero-order valence-corrected chi connectivity index (χ0v) is 7.42. The second-order valence-electron chi connectivity index (χ2n) is 2.97. The maximum absolute atomic E-state index is 8.48. The Bertz CT molecular complexity index is 86.2. The van der Waals surface area contributed by atoms with Gasteiger partial charge in [-0.15, -0.1) is 0 Å². The van der Waals surface area contributed by atoms with Gasteiger partial charge in [0, 0.05) is 19.8 Å². The van der Waals surface area contributed by atoms with Gasteiger partial charge in [-0.3, -0.25) is 0 Å². The maximum Gasteiger partial charge on any atom is 0.0720 e. The Morgan fingerprint density at radius 3 is 2.45 bits per heavy atom. The Labute approximate surface area is 68.5 Å². The molecule has 3 heteroatoms. The van der Waals surface area contributed by atoms with E-state index in [0.29, 0.717) is 25.5 Å². The monoisotopic (exact) mass is 161 g/mol. The predicted octanol–water partition coefficient (Wildman–Crippen LogP) is 0.369. The summed E-state index contributed by atoms with van der Waals surface area (Å²) in [6.45, 7) is 5.52. The lowest BCUT2D eigenvalue weighted by molar-refractivity contribution is 0.0214. The fourth-order valence-corrected chi connectivity index (χ4v) is 0.832. The Balaban J connectivity index is 3.36. The van der Waals surface area contributed by atoms with E-state index in [-0.39, 0.29) is 12.7 Å². The van der Waals surface area contributed by atoms with Gasteiger partial charge in [0.05, 0.1) is 6.10 Å². The molecule has 0 rings (SSSR count). The van der Waals surface area contributed by atoms with E-state index < -0.39 is 0 Å². The molecule has 0 bridgehead atoms. The van der Waals surface area contributed by atoms with Gasteiger partial charge in [-0.2, -0.15) is 0 Å². The summed E-state index contributed by atoms with van der Waals surface area (Å²) in [5.41, 5.74) is 5.47. The van der Waals surface area contributed by atoms with Gasteiger partial charge in [0.1, 0.15) is 0 Å². The minimum atomic E-state index is 0.140. The molecule has 3 nitrogen and oxygen atoms in total. The third kappa shape index (κ3) is 5.18. The second kappa shape index (κ2) is 6.58. The molecule has 0 amide bonds. The van der Waals surface area contributed by atoms with Crippen molar-refractivity contribution in [2.24, 2.45) is 11.7 Å². The Kier molecular flexibility index (Phi) is 6.51. The van der Waals surface area contributed by atoms with Crippen LogP contribution in [0.15, 0.2) is 0 Å². The molecule has 0 radical (unpaired) electrons. The zero-order chi connectivity index (χ0) is 8.69. The van der Waals surface area contributed by atoms with Crippen LogP contribution in [0.25, 0.3) is 0 Å². The summed E-state index contributed by atoms with van der Waals surface area (Å²) in [6.07, 6.45) is 0.838. The SMILES string of the molecule is CC(C)C(CN)OCCCO. The molecule has 3 N–H and O–H groups in total. The van der Waals surface area contributed by atoms with Crippen LogP contribution in [0.4, 0.5) is 0 Å². The van der Waals surface area contributed by atoms with Gasteiger partial charge in [-0.05, 0) is 12.3 Å². The Morgan fingerprint density at radius 2 is 2.09 bits per heavy atom. The number of nitrogens with two attached hydrogens (primary N) is 1. The molecule has 1 unspecified atom stereocenters. The van der Waals surface area contributed by atoms with Crippen molar-refractivity contribution >= 4 is 0 Å². The average Bonchev–Trinajstić information content (AvgIpc) is 1.97. The van der Waals surface area contributed by atoms with Crippen molar-refractivity contribution in [2.75, 3.05) is 19.8 Å². The highest BCUT2D eigenvalue weighted by molar-refractivity contribution is 4.62. The van der Waals surface area contributed by atoms with Crippen LogP contribution in [0.2, 0.25) is 0 Å². The molecule has 0 spiro atoms. The van der Waals surface area contributed by atoms with E-state index in [4.69, 9.17) is 15.6 Å². The van der Waals surface area contributed by atoms with Crippen molar-refractivity contribution in [1.29, 1.82) is 0 Å². The van der Waals surface area contributed by atoms with Gasteiger partial charge in [0.25, 0.3) is 0 Å². The lowest BCUT2D eigenvalue weighted by Gasteiger charge is -2.19. The van der Waals surface area contributed by atoms with Crippen molar-refractivity contribution in [1.82, 2.24) is 0 Å². The van der Waals surface area contributed by atoms with E-state index in [1.165, 1.54) is 0 Å². The van der Waals surface area contributed by atoms with Crippen LogP contribution < -0.4 is 5.73 Å². The maximum atomic E-state index is 8.48. The molecule has 1 atom stereocenters. The highest BCUT2D eigenvalue weighted by Crippen LogP contribution is 2.04. The number of rotatable bonds is 6. The van der Waals surface area contributed by atoms with Crippen molar-refractivity contribution in [3.05, 3.63) is 0 Å². The molecule has 68 valence electrons. The van der Waals surface area contributed by atoms with E-state index in [0.717, 1.165) is 0 Å². The summed E-state index contributed by atoms with van der Waals surface area (Å²) in [7, 11) is 0. The van der Waals surface area contributed by atoms with Crippen LogP contribution in [-0.2, 0) is 4.74 Å². The summed E-state index contributed by atoms with van der Waals surface area (Å²) >= 11 is 0. The molecule has 0 aromatic carbocycles. The second-order valence-corrected chi connectivity index (χ2v) is 2.97. The number of hydrogen-bond donors (Lipinski definition) is 2. The Hall–Kier alpha value is -0.120. The minimum Gasteiger partial charge on any atom is -0.396 e. The quantitative estimate of drug-likeness (QED) is 0.553. The van der Waals surface area contributed by atoms with Gasteiger partial charge in [0.15, 0.2) is 0 Å². The van der Waals surface area contributed by atoms with Crippen LogP contribution in [0.5, 0.6) is 0 Å². The van der Waals surface area contributed by atoms with E-state index in [2.05, 4.69) is 13.8 Å². The molecular formula is C8H19NO2. The molecule has 0 saturated carbocycles. The molecular weight excluding hydrogens is 142 g/mol. The van der Waals surface area contributed by atoms with Crippen molar-refractivity contribution in [3.63, 3.8) is 0 Å². The molecule has 0 aromatic heterocycles. The third-order valence-electron chi connectivity index (χ3n) is 1.61. The number of ether oxygens (including phenoxy) is 1. The predicted molar refractivity (Wildman–Crippen MR) is 45.3 cm³/mol. The summed E-state index contributed by atoms with van der Waals surface area (Å²) in [4.78, 5) is 0. The van der Waals surface area contributed by atoms with E-state index in [1.54, 1.807) is 0 Å². The van der Waals surface area contributed by atoms with E-state index in [1.807, 2.05) is 0 Å². The van der Waals surface area contributed by atoms with Crippen molar-refractivity contribution in [3.8, 4) is 0 Å². The number of aliphatic hydroxyl groups is 1. The smallest absolute Gasteiger partial charge is 0.0720 e. The first-order valence-electron chi connectivity index (χ1n) is 4.15. The average molecular weight is 161 g/mol. The molecule has 0 saturated heterocycles. The van der Waals surface area contributed by atoms with Crippen LogP contribution >= 0.6 is 0 Å². The van der Waals surface area contributed by atoms with Gasteiger partial charge < -0.3 is 15.6 Å². The molecule has 0 aliphatic rings. The first-order chi connectivity index (χ1) is 5.22. The molecule has 11 heavy (non-hydrogen) atoms. The van der Waals surface area contributed by atoms with Gasteiger partial charge >= 0.3 is 0 Å². The van der Waals surface area contributed by atoms with Crippen LogP contribution in [0.3, 0.4) is 0 Å². The largest absolute Gasteiger partial charge is 0.396 e. The first kappa shape index (κ1) is 10.9. The fraction of sp³-hybridized carbons (Fsp3) is 1.00. The van der Waals surface area contributed by atoms with Crippen LogP contribution in [-0.4, -0.2) is 31.0 Å². The highest BCUT2D eigenvalue weighted by Gasteiger charge is 2.10. The minimum absolute atomic E-state index is 0.140. The van der Waals surface area contributed by atoms with Crippen LogP contribution in [0, 0.1) is 5.92 Å². The summed E-state index contributed by atoms with van der Waals surface area (Å²) in [5.74, 6) is 0.457. The molecule has 0 aromatic rings. The van der Waals surface area contributed by atoms with Gasteiger partial charge in [-0.1, -0.05) is 13.8 Å².